The number of nitrogens with zero attached hydrogens (tertiary/aromatic N) is 2. The van der Waals surface area contributed by atoms with Crippen LogP contribution in [-0.4, -0.2) is 72.3 Å². The van der Waals surface area contributed by atoms with E-state index in [-0.39, 0.29) is 40.9 Å². The van der Waals surface area contributed by atoms with Gasteiger partial charge in [-0.2, -0.15) is 0 Å². The van der Waals surface area contributed by atoms with E-state index in [0.717, 1.165) is 57.8 Å². The topological polar surface area (TPSA) is 104 Å². The third-order valence-corrected chi connectivity index (χ3v) is 10.6. The SMILES string of the molecule is C[C@H](C(=O)NCCN1CCOCC1)[C@@H]1CC[C@@]2(C)Cc3sc(NC(=O)c4cccs4)nc3[C@@H](C)[C@@H]2[C@H]1O. The molecule has 3 heterocycles. The van der Waals surface area contributed by atoms with Crippen molar-refractivity contribution in [3.8, 4) is 0 Å². The normalized spacial score (nSPS) is 30.7. The Morgan fingerprint density at radius 1 is 1.35 bits per heavy atom. The number of thiophene rings is 1. The quantitative estimate of drug-likeness (QED) is 0.490. The average Bonchev–Trinajstić information content (AvgIpc) is 3.54. The Morgan fingerprint density at radius 2 is 2.14 bits per heavy atom. The monoisotopic (exact) mass is 546 g/mol. The molecule has 10 heteroatoms. The van der Waals surface area contributed by atoms with E-state index < -0.39 is 6.10 Å². The van der Waals surface area contributed by atoms with Crippen LogP contribution in [0.3, 0.4) is 0 Å². The second kappa shape index (κ2) is 11.1. The first kappa shape index (κ1) is 26.7. The number of hydrogen-bond acceptors (Lipinski definition) is 8. The van der Waals surface area contributed by atoms with Crippen LogP contribution in [0.2, 0.25) is 0 Å². The first-order valence-corrected chi connectivity index (χ1v) is 15.1. The third kappa shape index (κ3) is 5.49. The molecule has 0 aromatic carbocycles. The van der Waals surface area contributed by atoms with E-state index in [1.54, 1.807) is 11.3 Å². The number of hydrogen-bond donors (Lipinski definition) is 3. The average molecular weight is 547 g/mol. The summed E-state index contributed by atoms with van der Waals surface area (Å²) in [6, 6.07) is 3.67. The van der Waals surface area contributed by atoms with E-state index >= 15 is 0 Å². The summed E-state index contributed by atoms with van der Waals surface area (Å²) in [7, 11) is 0. The molecule has 1 saturated heterocycles. The van der Waals surface area contributed by atoms with Crippen molar-refractivity contribution in [2.24, 2.45) is 23.2 Å². The zero-order valence-electron chi connectivity index (χ0n) is 21.9. The summed E-state index contributed by atoms with van der Waals surface area (Å²) in [5.41, 5.74) is 0.924. The number of carbonyl (C=O) groups is 2. The molecule has 1 saturated carbocycles. The molecule has 2 fully saturated rings. The molecule has 0 radical (unpaired) electrons. The highest BCUT2D eigenvalue weighted by Gasteiger charge is 2.53. The molecule has 0 bridgehead atoms. The van der Waals surface area contributed by atoms with Crippen LogP contribution >= 0.6 is 22.7 Å². The molecule has 3 aliphatic rings. The van der Waals surface area contributed by atoms with Crippen molar-refractivity contribution in [1.29, 1.82) is 0 Å². The molecule has 2 amide bonds. The van der Waals surface area contributed by atoms with Gasteiger partial charge in [-0.15, -0.1) is 22.7 Å². The number of ether oxygens (including phenoxy) is 1. The van der Waals surface area contributed by atoms with Gasteiger partial charge < -0.3 is 15.2 Å². The van der Waals surface area contributed by atoms with E-state index in [1.165, 1.54) is 16.2 Å². The molecule has 0 spiro atoms. The molecule has 202 valence electrons. The van der Waals surface area contributed by atoms with Gasteiger partial charge in [-0.1, -0.05) is 26.8 Å². The first-order chi connectivity index (χ1) is 17.8. The Labute approximate surface area is 226 Å². The minimum atomic E-state index is -0.576. The molecule has 5 rings (SSSR count). The zero-order chi connectivity index (χ0) is 26.2. The summed E-state index contributed by atoms with van der Waals surface area (Å²) in [5, 5.41) is 20.2. The lowest BCUT2D eigenvalue weighted by atomic mass is 9.53. The minimum absolute atomic E-state index is 0.0188. The number of nitrogens with one attached hydrogen (secondary N) is 2. The van der Waals surface area contributed by atoms with Crippen molar-refractivity contribution in [2.45, 2.75) is 52.1 Å². The Morgan fingerprint density at radius 3 is 2.86 bits per heavy atom. The summed E-state index contributed by atoms with van der Waals surface area (Å²) in [6.07, 6.45) is 2.05. The molecule has 1 aliphatic heterocycles. The summed E-state index contributed by atoms with van der Waals surface area (Å²) < 4.78 is 5.39. The smallest absolute Gasteiger partial charge is 0.267 e. The van der Waals surface area contributed by atoms with Gasteiger partial charge in [-0.05, 0) is 48.0 Å². The third-order valence-electron chi connectivity index (χ3n) is 8.77. The fraction of sp³-hybridized carbons (Fsp3) is 0.667. The lowest BCUT2D eigenvalue weighted by molar-refractivity contribution is -0.134. The molecule has 6 atom stereocenters. The standard InChI is InChI=1S/C27H38N4O4S2/c1-16(24(33)28-8-9-31-10-12-35-13-11-31)18-6-7-27(3)15-20-22(17(2)21(27)23(18)32)29-26(37-20)30-25(34)19-5-4-14-36-19/h4-5,14,16-18,21,23,32H,6-13,15H2,1-3H3,(H,28,33)(H,29,30,34)/t16-,17-,18-,21+,23-,27-/m0/s1. The minimum Gasteiger partial charge on any atom is -0.392 e. The van der Waals surface area contributed by atoms with E-state index in [9.17, 15) is 14.7 Å². The number of fused-ring (bicyclic) bond motifs is 2. The van der Waals surface area contributed by atoms with Crippen molar-refractivity contribution in [2.75, 3.05) is 44.7 Å². The maximum absolute atomic E-state index is 13.0. The van der Waals surface area contributed by atoms with Crippen LogP contribution in [0, 0.1) is 23.2 Å². The van der Waals surface area contributed by atoms with Gasteiger partial charge in [0.15, 0.2) is 5.13 Å². The lowest BCUT2D eigenvalue weighted by Gasteiger charge is -2.53. The number of aliphatic hydroxyl groups is 1. The van der Waals surface area contributed by atoms with Gasteiger partial charge in [-0.3, -0.25) is 19.8 Å². The Bertz CT molecular complexity index is 1100. The van der Waals surface area contributed by atoms with Gasteiger partial charge in [0.25, 0.3) is 5.91 Å². The Balaban J connectivity index is 1.24. The molecular weight excluding hydrogens is 508 g/mol. The maximum atomic E-state index is 13.0. The van der Waals surface area contributed by atoms with Gasteiger partial charge in [0.2, 0.25) is 5.91 Å². The lowest BCUT2D eigenvalue weighted by Crippen LogP contribution is -2.53. The molecule has 2 aromatic heterocycles. The van der Waals surface area contributed by atoms with E-state index in [1.807, 2.05) is 24.4 Å². The van der Waals surface area contributed by atoms with Crippen molar-refractivity contribution in [3.05, 3.63) is 33.0 Å². The van der Waals surface area contributed by atoms with Crippen LogP contribution < -0.4 is 10.6 Å². The van der Waals surface area contributed by atoms with E-state index in [2.05, 4.69) is 29.4 Å². The number of anilines is 1. The molecule has 2 aromatic rings. The van der Waals surface area contributed by atoms with E-state index in [4.69, 9.17) is 9.72 Å². The summed E-state index contributed by atoms with van der Waals surface area (Å²) in [4.78, 5) is 34.6. The number of rotatable bonds is 7. The zero-order valence-corrected chi connectivity index (χ0v) is 23.5. The highest BCUT2D eigenvalue weighted by atomic mass is 32.1. The number of aliphatic hydroxyl groups excluding tert-OH is 1. The van der Waals surface area contributed by atoms with Crippen LogP contribution in [0.25, 0.3) is 0 Å². The second-order valence-corrected chi connectivity index (χ2v) is 13.2. The number of amides is 2. The molecule has 0 unspecified atom stereocenters. The van der Waals surface area contributed by atoms with Crippen LogP contribution in [-0.2, 0) is 16.0 Å². The molecule has 8 nitrogen and oxygen atoms in total. The van der Waals surface area contributed by atoms with Gasteiger partial charge in [-0.25, -0.2) is 4.98 Å². The number of aromatic nitrogens is 1. The number of carbonyl (C=O) groups excluding carboxylic acids is 2. The fourth-order valence-corrected chi connectivity index (χ4v) is 8.56. The van der Waals surface area contributed by atoms with Crippen LogP contribution in [0.15, 0.2) is 17.5 Å². The second-order valence-electron chi connectivity index (χ2n) is 11.1. The Kier molecular flexibility index (Phi) is 8.02. The first-order valence-electron chi connectivity index (χ1n) is 13.4. The predicted octanol–water partition coefficient (Wildman–Crippen LogP) is 3.59. The highest BCUT2D eigenvalue weighted by molar-refractivity contribution is 7.16. The van der Waals surface area contributed by atoms with Crippen LogP contribution in [0.5, 0.6) is 0 Å². The van der Waals surface area contributed by atoms with Gasteiger partial charge in [0, 0.05) is 42.9 Å². The van der Waals surface area contributed by atoms with Gasteiger partial charge in [0.05, 0.1) is 29.9 Å². The van der Waals surface area contributed by atoms with Crippen LogP contribution in [0.1, 0.15) is 59.8 Å². The molecule has 37 heavy (non-hydrogen) atoms. The molecule has 2 aliphatic carbocycles. The predicted molar refractivity (Wildman–Crippen MR) is 146 cm³/mol. The van der Waals surface area contributed by atoms with Crippen molar-refractivity contribution in [1.82, 2.24) is 15.2 Å². The summed E-state index contributed by atoms with van der Waals surface area (Å²) in [6.45, 7) is 11.1. The van der Waals surface area contributed by atoms with Gasteiger partial charge >= 0.3 is 0 Å². The largest absolute Gasteiger partial charge is 0.392 e. The van der Waals surface area contributed by atoms with Crippen LogP contribution in [0.4, 0.5) is 5.13 Å². The molecular formula is C27H38N4O4S2. The summed E-state index contributed by atoms with van der Waals surface area (Å²) in [5.74, 6) is -0.378. The number of thiazole rings is 1. The fourth-order valence-electron chi connectivity index (χ4n) is 6.68. The summed E-state index contributed by atoms with van der Waals surface area (Å²) >= 11 is 2.97. The van der Waals surface area contributed by atoms with Crippen molar-refractivity contribution < 1.29 is 19.4 Å². The van der Waals surface area contributed by atoms with Crippen molar-refractivity contribution >= 4 is 39.6 Å². The highest BCUT2D eigenvalue weighted by Crippen LogP contribution is 2.57. The van der Waals surface area contributed by atoms with Gasteiger partial charge in [0.1, 0.15) is 0 Å². The van der Waals surface area contributed by atoms with Crippen molar-refractivity contribution in [3.63, 3.8) is 0 Å². The maximum Gasteiger partial charge on any atom is 0.267 e. The number of morpholine rings is 1. The molecule has 3 N–H and O–H groups in total. The van der Waals surface area contributed by atoms with E-state index in [0.29, 0.717) is 16.6 Å². The Hall–Kier alpha value is -1.85.